The van der Waals surface area contributed by atoms with Crippen LogP contribution in [0.2, 0.25) is 0 Å². The summed E-state index contributed by atoms with van der Waals surface area (Å²) in [5.41, 5.74) is 3.98. The number of rotatable bonds is 6. The van der Waals surface area contributed by atoms with Gasteiger partial charge in [0.25, 0.3) is 5.91 Å². The number of likely N-dealkylation sites (tertiary alicyclic amines) is 1. The fraction of sp³-hybridized carbons (Fsp3) is 0.321. The van der Waals surface area contributed by atoms with Crippen molar-refractivity contribution in [1.29, 1.82) is 0 Å². The van der Waals surface area contributed by atoms with Crippen molar-refractivity contribution >= 4 is 22.8 Å². The third kappa shape index (κ3) is 4.84. The number of nitrogens with one attached hydrogen (secondary N) is 1. The van der Waals surface area contributed by atoms with E-state index in [2.05, 4.69) is 29.2 Å². The van der Waals surface area contributed by atoms with Crippen molar-refractivity contribution < 1.29 is 9.59 Å². The van der Waals surface area contributed by atoms with E-state index in [0.717, 1.165) is 22.2 Å². The lowest BCUT2D eigenvalue weighted by molar-refractivity contribution is -0.126. The lowest BCUT2D eigenvalue weighted by Gasteiger charge is -2.31. The molecule has 8 nitrogen and oxygen atoms in total. The van der Waals surface area contributed by atoms with Gasteiger partial charge in [-0.15, -0.1) is 0 Å². The van der Waals surface area contributed by atoms with E-state index in [0.29, 0.717) is 43.7 Å². The molecule has 0 unspecified atom stereocenters. The summed E-state index contributed by atoms with van der Waals surface area (Å²) >= 11 is 0. The zero-order valence-electron chi connectivity index (χ0n) is 20.6. The first-order valence-electron chi connectivity index (χ1n) is 12.4. The van der Waals surface area contributed by atoms with Crippen LogP contribution < -0.4 is 5.32 Å². The first kappa shape index (κ1) is 23.7. The molecule has 3 aromatic heterocycles. The maximum Gasteiger partial charge on any atom is 0.254 e. The number of pyridine rings is 2. The van der Waals surface area contributed by atoms with Crippen LogP contribution in [0.3, 0.4) is 0 Å². The summed E-state index contributed by atoms with van der Waals surface area (Å²) in [5, 5.41) is 8.28. The van der Waals surface area contributed by atoms with Crippen LogP contribution in [0.1, 0.15) is 48.7 Å². The fourth-order valence-electron chi connectivity index (χ4n) is 4.68. The number of hydrogen-bond donors (Lipinski definition) is 1. The number of piperidine rings is 1. The third-order valence-electron chi connectivity index (χ3n) is 6.70. The average Bonchev–Trinajstić information content (AvgIpc) is 3.36. The highest BCUT2D eigenvalue weighted by atomic mass is 16.2. The Labute approximate surface area is 210 Å². The summed E-state index contributed by atoms with van der Waals surface area (Å²) in [6.07, 6.45) is 6.47. The van der Waals surface area contributed by atoms with Crippen LogP contribution in [-0.2, 0) is 11.3 Å². The predicted octanol–water partition coefficient (Wildman–Crippen LogP) is 4.24. The van der Waals surface area contributed by atoms with Gasteiger partial charge in [-0.05, 0) is 44.4 Å². The van der Waals surface area contributed by atoms with Crippen LogP contribution in [0.4, 0.5) is 0 Å². The molecular formula is C28H30N6O2. The van der Waals surface area contributed by atoms with Gasteiger partial charge in [-0.1, -0.05) is 36.4 Å². The van der Waals surface area contributed by atoms with Crippen LogP contribution in [0, 0.1) is 5.92 Å². The molecule has 4 heterocycles. The van der Waals surface area contributed by atoms with E-state index in [1.165, 1.54) is 0 Å². The van der Waals surface area contributed by atoms with Crippen LogP contribution in [0.25, 0.3) is 22.3 Å². The molecule has 4 aromatic rings. The monoisotopic (exact) mass is 482 g/mol. The second-order valence-corrected chi connectivity index (χ2v) is 9.49. The molecule has 0 saturated carbocycles. The van der Waals surface area contributed by atoms with Crippen LogP contribution in [0.5, 0.6) is 0 Å². The summed E-state index contributed by atoms with van der Waals surface area (Å²) in [7, 11) is 0. The van der Waals surface area contributed by atoms with E-state index in [9.17, 15) is 9.59 Å². The van der Waals surface area contributed by atoms with E-state index in [1.807, 2.05) is 58.1 Å². The Morgan fingerprint density at radius 2 is 1.83 bits per heavy atom. The van der Waals surface area contributed by atoms with E-state index >= 15 is 0 Å². The minimum absolute atomic E-state index is 0.0295. The van der Waals surface area contributed by atoms with Gasteiger partial charge in [-0.2, -0.15) is 5.10 Å². The Bertz CT molecular complexity index is 1360. The molecule has 0 spiro atoms. The van der Waals surface area contributed by atoms with Gasteiger partial charge in [0.2, 0.25) is 5.91 Å². The van der Waals surface area contributed by atoms with Gasteiger partial charge in [0, 0.05) is 49.6 Å². The molecule has 1 N–H and O–H groups in total. The van der Waals surface area contributed by atoms with Crippen LogP contribution >= 0.6 is 0 Å². The van der Waals surface area contributed by atoms with Gasteiger partial charge in [0.1, 0.15) is 0 Å². The molecule has 1 aromatic carbocycles. The maximum absolute atomic E-state index is 13.7. The molecule has 184 valence electrons. The summed E-state index contributed by atoms with van der Waals surface area (Å²) in [5.74, 6) is -0.120. The molecule has 0 atom stereocenters. The SMILES string of the molecule is CC(C)n1ncc2c(C(=O)N3CCC(C(=O)NCc4cccnc4)CC3)cc(-c3ccccc3)nc21. The van der Waals surface area contributed by atoms with Crippen molar-refractivity contribution in [2.75, 3.05) is 13.1 Å². The predicted molar refractivity (Wildman–Crippen MR) is 138 cm³/mol. The second-order valence-electron chi connectivity index (χ2n) is 9.49. The normalized spacial score (nSPS) is 14.4. The number of fused-ring (bicyclic) bond motifs is 1. The molecule has 5 rings (SSSR count). The lowest BCUT2D eigenvalue weighted by Crippen LogP contribution is -2.43. The largest absolute Gasteiger partial charge is 0.352 e. The molecular weight excluding hydrogens is 452 g/mol. The highest BCUT2D eigenvalue weighted by Crippen LogP contribution is 2.28. The maximum atomic E-state index is 13.7. The molecule has 1 aliphatic heterocycles. The van der Waals surface area contributed by atoms with Gasteiger partial charge in [0.05, 0.1) is 22.8 Å². The Hall–Kier alpha value is -4.07. The first-order valence-corrected chi connectivity index (χ1v) is 12.4. The van der Waals surface area contributed by atoms with Gasteiger partial charge in [-0.25, -0.2) is 9.67 Å². The van der Waals surface area contributed by atoms with Crippen LogP contribution in [0.15, 0.2) is 67.1 Å². The summed E-state index contributed by atoms with van der Waals surface area (Å²) in [6.45, 7) is 5.63. The molecule has 0 aliphatic carbocycles. The molecule has 1 aliphatic rings. The summed E-state index contributed by atoms with van der Waals surface area (Å²) in [6, 6.07) is 15.7. The van der Waals surface area contributed by atoms with E-state index < -0.39 is 0 Å². The summed E-state index contributed by atoms with van der Waals surface area (Å²) in [4.78, 5) is 37.2. The van der Waals surface area contributed by atoms with Crippen molar-refractivity contribution in [3.63, 3.8) is 0 Å². The smallest absolute Gasteiger partial charge is 0.254 e. The van der Waals surface area contributed by atoms with E-state index in [4.69, 9.17) is 4.98 Å². The number of carbonyl (C=O) groups is 2. The third-order valence-corrected chi connectivity index (χ3v) is 6.70. The fourth-order valence-corrected chi connectivity index (χ4v) is 4.68. The molecule has 0 radical (unpaired) electrons. The quantitative estimate of drug-likeness (QED) is 0.444. The van der Waals surface area contributed by atoms with Gasteiger partial charge in [0.15, 0.2) is 5.65 Å². The molecule has 36 heavy (non-hydrogen) atoms. The van der Waals surface area contributed by atoms with E-state index in [-0.39, 0.29) is 23.8 Å². The Morgan fingerprint density at radius 1 is 1.06 bits per heavy atom. The zero-order valence-corrected chi connectivity index (χ0v) is 20.6. The number of carbonyl (C=O) groups excluding carboxylic acids is 2. The van der Waals surface area contributed by atoms with Gasteiger partial charge in [-0.3, -0.25) is 14.6 Å². The number of hydrogen-bond acceptors (Lipinski definition) is 5. The highest BCUT2D eigenvalue weighted by molar-refractivity contribution is 6.06. The molecule has 8 heteroatoms. The highest BCUT2D eigenvalue weighted by Gasteiger charge is 2.29. The standard InChI is InChI=1S/C28H30N6O2/c1-19(2)34-26-24(18-31-34)23(15-25(32-26)21-8-4-3-5-9-21)28(36)33-13-10-22(11-14-33)27(35)30-17-20-7-6-12-29-16-20/h3-9,12,15-16,18-19,22H,10-11,13-14,17H2,1-2H3,(H,30,35). The van der Waals surface area contributed by atoms with Crippen molar-refractivity contribution in [1.82, 2.24) is 30.0 Å². The lowest BCUT2D eigenvalue weighted by atomic mass is 9.95. The topological polar surface area (TPSA) is 93.0 Å². The molecule has 2 amide bonds. The van der Waals surface area contributed by atoms with Crippen molar-refractivity contribution in [3.8, 4) is 11.3 Å². The number of benzene rings is 1. The second kappa shape index (κ2) is 10.3. The van der Waals surface area contributed by atoms with Gasteiger partial charge < -0.3 is 10.2 Å². The van der Waals surface area contributed by atoms with Crippen molar-refractivity contribution in [2.45, 2.75) is 39.3 Å². The van der Waals surface area contributed by atoms with Crippen LogP contribution in [-0.4, -0.2) is 49.6 Å². The Balaban J connectivity index is 1.33. The minimum Gasteiger partial charge on any atom is -0.352 e. The van der Waals surface area contributed by atoms with Gasteiger partial charge >= 0.3 is 0 Å². The zero-order chi connectivity index (χ0) is 25.1. The number of nitrogens with zero attached hydrogens (tertiary/aromatic N) is 5. The number of aromatic nitrogens is 4. The first-order chi connectivity index (χ1) is 17.5. The molecule has 1 fully saturated rings. The van der Waals surface area contributed by atoms with Crippen molar-refractivity contribution in [3.05, 3.63) is 78.2 Å². The number of amides is 2. The Kier molecular flexibility index (Phi) is 6.75. The molecule has 1 saturated heterocycles. The minimum atomic E-state index is -0.105. The average molecular weight is 483 g/mol. The summed E-state index contributed by atoms with van der Waals surface area (Å²) < 4.78 is 1.86. The molecule has 0 bridgehead atoms. The van der Waals surface area contributed by atoms with Crippen molar-refractivity contribution in [2.24, 2.45) is 5.92 Å². The Morgan fingerprint density at radius 3 is 2.53 bits per heavy atom. The van der Waals surface area contributed by atoms with E-state index in [1.54, 1.807) is 18.6 Å².